The van der Waals surface area contributed by atoms with Gasteiger partial charge in [0.15, 0.2) is 5.82 Å². The molecule has 3 heterocycles. The van der Waals surface area contributed by atoms with Gasteiger partial charge in [0.05, 0.1) is 5.71 Å². The fourth-order valence-electron chi connectivity index (χ4n) is 4.78. The standard InChI is InChI=1S/C24H26ClN5OS/c1-3-9-29(10-4-2)23(31)15-11-17-19(12-15)32-24-21(17)22(16-7-5-6-8-18(16)25)26-13-20-28-27-14-30(20)24/h5-8,14-15H,3-4,9-13H2,1-2H3. The fraction of sp³-hybridized carbons (Fsp3) is 0.417. The predicted molar refractivity (Wildman–Crippen MR) is 128 cm³/mol. The van der Waals surface area contributed by atoms with Crippen LogP contribution in [0.3, 0.4) is 0 Å². The van der Waals surface area contributed by atoms with Crippen LogP contribution < -0.4 is 0 Å². The highest BCUT2D eigenvalue weighted by atomic mass is 35.5. The Hall–Kier alpha value is -2.51. The number of hydrogen-bond donors (Lipinski definition) is 0. The molecule has 0 saturated carbocycles. The summed E-state index contributed by atoms with van der Waals surface area (Å²) >= 11 is 8.34. The zero-order chi connectivity index (χ0) is 22.2. The van der Waals surface area contributed by atoms with Gasteiger partial charge in [-0.2, -0.15) is 0 Å². The number of nitrogens with zero attached hydrogens (tertiary/aromatic N) is 5. The zero-order valence-corrected chi connectivity index (χ0v) is 19.9. The van der Waals surface area contributed by atoms with Gasteiger partial charge in [0.1, 0.15) is 17.9 Å². The molecule has 0 saturated heterocycles. The first kappa shape index (κ1) is 21.3. The summed E-state index contributed by atoms with van der Waals surface area (Å²) in [5.74, 6) is 1.09. The van der Waals surface area contributed by atoms with E-state index in [1.165, 1.54) is 10.4 Å². The van der Waals surface area contributed by atoms with E-state index in [-0.39, 0.29) is 11.8 Å². The minimum Gasteiger partial charge on any atom is -0.342 e. The van der Waals surface area contributed by atoms with Crippen molar-refractivity contribution >= 4 is 34.6 Å². The van der Waals surface area contributed by atoms with E-state index < -0.39 is 0 Å². The van der Waals surface area contributed by atoms with E-state index in [1.807, 2.05) is 33.7 Å². The maximum Gasteiger partial charge on any atom is 0.226 e. The Kier molecular flexibility index (Phi) is 5.86. The first-order valence-corrected chi connectivity index (χ1v) is 12.4. The van der Waals surface area contributed by atoms with Gasteiger partial charge in [0.25, 0.3) is 0 Å². The second-order valence-corrected chi connectivity index (χ2v) is 9.87. The molecule has 32 heavy (non-hydrogen) atoms. The normalized spacial score (nSPS) is 16.7. The molecule has 1 aliphatic heterocycles. The molecule has 8 heteroatoms. The number of carbonyl (C=O) groups excluding carboxylic acids is 1. The van der Waals surface area contributed by atoms with Crippen molar-refractivity contribution in [1.82, 2.24) is 19.7 Å². The van der Waals surface area contributed by atoms with Gasteiger partial charge in [-0.25, -0.2) is 0 Å². The highest BCUT2D eigenvalue weighted by Crippen LogP contribution is 2.43. The number of benzene rings is 1. The third kappa shape index (κ3) is 3.57. The van der Waals surface area contributed by atoms with Crippen molar-refractivity contribution in [2.75, 3.05) is 13.1 Å². The summed E-state index contributed by atoms with van der Waals surface area (Å²) in [5, 5.41) is 10.1. The van der Waals surface area contributed by atoms with Crippen molar-refractivity contribution < 1.29 is 4.79 Å². The topological polar surface area (TPSA) is 63.4 Å². The van der Waals surface area contributed by atoms with Crippen LogP contribution in [0.25, 0.3) is 5.00 Å². The Morgan fingerprint density at radius 2 is 2.00 bits per heavy atom. The lowest BCUT2D eigenvalue weighted by atomic mass is 9.97. The first-order chi connectivity index (χ1) is 15.6. The third-order valence-electron chi connectivity index (χ3n) is 6.18. The summed E-state index contributed by atoms with van der Waals surface area (Å²) in [4.78, 5) is 21.6. The van der Waals surface area contributed by atoms with Crippen LogP contribution in [0.5, 0.6) is 0 Å². The largest absolute Gasteiger partial charge is 0.342 e. The molecule has 2 aromatic heterocycles. The quantitative estimate of drug-likeness (QED) is 0.528. The van der Waals surface area contributed by atoms with Crippen LogP contribution in [-0.4, -0.2) is 44.4 Å². The number of aromatic nitrogens is 3. The smallest absolute Gasteiger partial charge is 0.226 e. The van der Waals surface area contributed by atoms with Crippen molar-refractivity contribution in [3.05, 3.63) is 63.0 Å². The number of aliphatic imine (C=N–C) groups is 1. The molecule has 1 atom stereocenters. The molecule has 0 radical (unpaired) electrons. The van der Waals surface area contributed by atoms with Crippen molar-refractivity contribution in [2.24, 2.45) is 10.9 Å². The Bertz CT molecular complexity index is 1190. The molecule has 6 nitrogen and oxygen atoms in total. The lowest BCUT2D eigenvalue weighted by molar-refractivity contribution is -0.135. The SMILES string of the molecule is CCCN(CCC)C(=O)C1Cc2sc3c(c2C1)C(c1ccccc1Cl)=NCc1nncn1-3. The number of halogens is 1. The van der Waals surface area contributed by atoms with Crippen LogP contribution in [0.15, 0.2) is 35.6 Å². The Labute approximate surface area is 197 Å². The summed E-state index contributed by atoms with van der Waals surface area (Å²) < 4.78 is 2.04. The monoisotopic (exact) mass is 467 g/mol. The molecule has 0 spiro atoms. The van der Waals surface area contributed by atoms with Crippen LogP contribution >= 0.6 is 22.9 Å². The Morgan fingerprint density at radius 3 is 2.75 bits per heavy atom. The van der Waals surface area contributed by atoms with E-state index in [9.17, 15) is 4.79 Å². The van der Waals surface area contributed by atoms with Crippen molar-refractivity contribution in [3.8, 4) is 5.00 Å². The molecule has 1 aliphatic carbocycles. The van der Waals surface area contributed by atoms with Crippen LogP contribution in [-0.2, 0) is 24.2 Å². The van der Waals surface area contributed by atoms with E-state index in [0.717, 1.165) is 66.4 Å². The lowest BCUT2D eigenvalue weighted by Gasteiger charge is -2.25. The van der Waals surface area contributed by atoms with E-state index in [1.54, 1.807) is 17.7 Å². The van der Waals surface area contributed by atoms with Gasteiger partial charge in [-0.05, 0) is 37.3 Å². The lowest BCUT2D eigenvalue weighted by Crippen LogP contribution is -2.37. The number of amides is 1. The van der Waals surface area contributed by atoms with Crippen LogP contribution in [0.2, 0.25) is 5.02 Å². The molecule has 1 amide bonds. The molecule has 0 fully saturated rings. The number of thiophene rings is 1. The summed E-state index contributed by atoms with van der Waals surface area (Å²) in [7, 11) is 0. The average Bonchev–Trinajstić information content (AvgIpc) is 3.47. The Balaban J connectivity index is 1.57. The van der Waals surface area contributed by atoms with Gasteiger partial charge in [0.2, 0.25) is 5.91 Å². The van der Waals surface area contributed by atoms with Gasteiger partial charge < -0.3 is 4.90 Å². The third-order valence-corrected chi connectivity index (χ3v) is 7.77. The zero-order valence-electron chi connectivity index (χ0n) is 18.3. The molecule has 3 aromatic rings. The van der Waals surface area contributed by atoms with Gasteiger partial charge in [-0.3, -0.25) is 14.4 Å². The maximum absolute atomic E-state index is 13.3. The van der Waals surface area contributed by atoms with E-state index in [2.05, 4.69) is 24.0 Å². The molecule has 2 aliphatic rings. The van der Waals surface area contributed by atoms with Gasteiger partial charge in [0, 0.05) is 40.0 Å². The van der Waals surface area contributed by atoms with Crippen LogP contribution in [0.1, 0.15) is 54.1 Å². The average molecular weight is 468 g/mol. The first-order valence-electron chi connectivity index (χ1n) is 11.2. The molecule has 1 unspecified atom stereocenters. The summed E-state index contributed by atoms with van der Waals surface area (Å²) in [6.07, 6.45) is 5.25. The molecule has 166 valence electrons. The second-order valence-electron chi connectivity index (χ2n) is 8.38. The second kappa shape index (κ2) is 8.79. The van der Waals surface area contributed by atoms with Crippen molar-refractivity contribution in [3.63, 3.8) is 0 Å². The molecule has 1 aromatic carbocycles. The summed E-state index contributed by atoms with van der Waals surface area (Å²) in [6.45, 7) is 6.35. The summed E-state index contributed by atoms with van der Waals surface area (Å²) in [5.41, 5.74) is 4.13. The van der Waals surface area contributed by atoms with Gasteiger partial charge >= 0.3 is 0 Å². The predicted octanol–water partition coefficient (Wildman–Crippen LogP) is 4.70. The number of fused-ring (bicyclic) bond motifs is 5. The molecular formula is C24H26ClN5OS. The fourth-order valence-corrected chi connectivity index (χ4v) is 6.40. The van der Waals surface area contributed by atoms with E-state index in [0.29, 0.717) is 11.6 Å². The molecule has 0 N–H and O–H groups in total. The summed E-state index contributed by atoms with van der Waals surface area (Å²) in [6, 6.07) is 7.84. The number of rotatable bonds is 6. The van der Waals surface area contributed by atoms with Crippen molar-refractivity contribution in [1.29, 1.82) is 0 Å². The molecule has 5 rings (SSSR count). The minimum atomic E-state index is -0.00391. The van der Waals surface area contributed by atoms with Crippen LogP contribution in [0, 0.1) is 5.92 Å². The van der Waals surface area contributed by atoms with Crippen molar-refractivity contribution in [2.45, 2.75) is 46.1 Å². The van der Waals surface area contributed by atoms with Gasteiger partial charge in [-0.1, -0.05) is 43.6 Å². The highest BCUT2D eigenvalue weighted by molar-refractivity contribution is 7.15. The minimum absolute atomic E-state index is 0.00391. The number of hydrogen-bond acceptors (Lipinski definition) is 5. The maximum atomic E-state index is 13.3. The van der Waals surface area contributed by atoms with E-state index in [4.69, 9.17) is 16.6 Å². The van der Waals surface area contributed by atoms with Gasteiger partial charge in [-0.15, -0.1) is 21.5 Å². The molecular weight excluding hydrogens is 442 g/mol. The highest BCUT2D eigenvalue weighted by Gasteiger charge is 2.37. The Morgan fingerprint density at radius 1 is 1.22 bits per heavy atom. The van der Waals surface area contributed by atoms with Crippen LogP contribution in [0.4, 0.5) is 0 Å². The van der Waals surface area contributed by atoms with E-state index >= 15 is 0 Å². The number of carbonyl (C=O) groups is 1. The molecule has 0 bridgehead atoms.